The molecule has 2 aromatic carbocycles. The molecule has 5 heteroatoms. The zero-order valence-corrected chi connectivity index (χ0v) is 19.5. The number of hydrogen-bond acceptors (Lipinski definition) is 4. The molecular weight excluding hydrogens is 400 g/mol. The van der Waals surface area contributed by atoms with Gasteiger partial charge in [-0.25, -0.2) is 4.90 Å². The van der Waals surface area contributed by atoms with Crippen LogP contribution in [0.5, 0.6) is 5.75 Å². The number of aryl methyl sites for hydroxylation is 2. The Hall–Kier alpha value is -3.08. The normalized spacial score (nSPS) is 19.2. The molecule has 2 aliphatic heterocycles. The third-order valence-electron chi connectivity index (χ3n) is 6.11. The van der Waals surface area contributed by atoms with Crippen molar-refractivity contribution in [1.82, 2.24) is 4.90 Å². The molecule has 4 rings (SSSR count). The number of carbonyl (C=O) groups excluding carboxylic acids is 2. The Labute approximate surface area is 190 Å². The molecule has 1 atom stereocenters. The van der Waals surface area contributed by atoms with Crippen molar-refractivity contribution < 1.29 is 14.3 Å². The van der Waals surface area contributed by atoms with Crippen molar-refractivity contribution in [1.29, 1.82) is 0 Å². The van der Waals surface area contributed by atoms with Crippen molar-refractivity contribution in [3.63, 3.8) is 0 Å². The van der Waals surface area contributed by atoms with E-state index in [0.717, 1.165) is 54.8 Å². The molecule has 0 bridgehead atoms. The van der Waals surface area contributed by atoms with E-state index in [1.807, 2.05) is 56.3 Å². The van der Waals surface area contributed by atoms with Crippen LogP contribution in [0, 0.1) is 19.8 Å². The zero-order chi connectivity index (χ0) is 22.8. The highest BCUT2D eigenvalue weighted by atomic mass is 16.5. The van der Waals surface area contributed by atoms with E-state index in [1.165, 1.54) is 4.90 Å². The van der Waals surface area contributed by atoms with Gasteiger partial charge in [-0.15, -0.1) is 0 Å². The number of amides is 2. The first-order valence-electron chi connectivity index (χ1n) is 11.6. The average Bonchev–Trinajstić information content (AvgIpc) is 3.02. The van der Waals surface area contributed by atoms with Gasteiger partial charge in [-0.2, -0.15) is 0 Å². The second-order valence-corrected chi connectivity index (χ2v) is 9.08. The molecule has 0 aromatic heterocycles. The number of rotatable bonds is 6. The Balaban J connectivity index is 1.77. The van der Waals surface area contributed by atoms with Gasteiger partial charge in [0.05, 0.1) is 17.9 Å². The van der Waals surface area contributed by atoms with Crippen molar-refractivity contribution in [3.05, 3.63) is 64.9 Å². The SMILES string of the molecule is CCCOc1ccc(C2=C(N3CCCC(C)C3)C(=O)N(c3cc(C)cc(C)c3)C2=O)cc1. The molecule has 2 heterocycles. The van der Waals surface area contributed by atoms with Crippen molar-refractivity contribution in [2.75, 3.05) is 24.6 Å². The molecule has 2 aromatic rings. The first-order valence-corrected chi connectivity index (χ1v) is 11.6. The molecule has 1 unspecified atom stereocenters. The van der Waals surface area contributed by atoms with Gasteiger partial charge in [0.2, 0.25) is 0 Å². The fourth-order valence-electron chi connectivity index (χ4n) is 4.72. The highest BCUT2D eigenvalue weighted by Crippen LogP contribution is 2.37. The minimum atomic E-state index is -0.254. The number of nitrogens with zero attached hydrogens (tertiary/aromatic N) is 2. The van der Waals surface area contributed by atoms with Crippen molar-refractivity contribution in [3.8, 4) is 5.75 Å². The van der Waals surface area contributed by atoms with Gasteiger partial charge >= 0.3 is 0 Å². The zero-order valence-electron chi connectivity index (χ0n) is 19.5. The number of benzene rings is 2. The van der Waals surface area contributed by atoms with Gasteiger partial charge in [0.25, 0.3) is 11.8 Å². The van der Waals surface area contributed by atoms with Crippen LogP contribution in [-0.2, 0) is 9.59 Å². The lowest BCUT2D eigenvalue weighted by atomic mass is 9.97. The Morgan fingerprint density at radius 3 is 2.31 bits per heavy atom. The van der Waals surface area contributed by atoms with Crippen LogP contribution in [-0.4, -0.2) is 36.4 Å². The number of likely N-dealkylation sites (tertiary alicyclic amines) is 1. The van der Waals surface area contributed by atoms with E-state index in [1.54, 1.807) is 0 Å². The molecule has 0 spiro atoms. The molecule has 0 radical (unpaired) electrons. The third kappa shape index (κ3) is 4.29. The highest BCUT2D eigenvalue weighted by molar-refractivity contribution is 6.45. The predicted molar refractivity (Wildman–Crippen MR) is 128 cm³/mol. The van der Waals surface area contributed by atoms with E-state index in [-0.39, 0.29) is 11.8 Å². The van der Waals surface area contributed by atoms with Crippen LogP contribution in [0.1, 0.15) is 49.8 Å². The van der Waals surface area contributed by atoms with E-state index < -0.39 is 0 Å². The summed E-state index contributed by atoms with van der Waals surface area (Å²) in [6.45, 7) is 10.5. The maximum absolute atomic E-state index is 13.7. The second-order valence-electron chi connectivity index (χ2n) is 9.08. The Kier molecular flexibility index (Phi) is 6.35. The highest BCUT2D eigenvalue weighted by Gasteiger charge is 2.43. The van der Waals surface area contributed by atoms with E-state index >= 15 is 0 Å². The van der Waals surface area contributed by atoms with Crippen LogP contribution in [0.15, 0.2) is 48.2 Å². The second kappa shape index (κ2) is 9.19. The van der Waals surface area contributed by atoms with Gasteiger partial charge in [0, 0.05) is 13.1 Å². The summed E-state index contributed by atoms with van der Waals surface area (Å²) in [4.78, 5) is 30.9. The number of imide groups is 1. The molecule has 2 amide bonds. The molecule has 32 heavy (non-hydrogen) atoms. The van der Waals surface area contributed by atoms with Crippen molar-refractivity contribution in [2.24, 2.45) is 5.92 Å². The number of hydrogen-bond donors (Lipinski definition) is 0. The van der Waals surface area contributed by atoms with Crippen LogP contribution in [0.2, 0.25) is 0 Å². The Bertz CT molecular complexity index is 1030. The molecule has 1 fully saturated rings. The quantitative estimate of drug-likeness (QED) is 0.596. The minimum absolute atomic E-state index is 0.226. The van der Waals surface area contributed by atoms with Crippen LogP contribution < -0.4 is 9.64 Å². The molecule has 1 saturated heterocycles. The number of carbonyl (C=O) groups is 2. The summed E-state index contributed by atoms with van der Waals surface area (Å²) < 4.78 is 5.71. The molecular formula is C27H32N2O3. The van der Waals surface area contributed by atoms with Crippen LogP contribution >= 0.6 is 0 Å². The van der Waals surface area contributed by atoms with Gasteiger partial charge in [0.15, 0.2) is 0 Å². The largest absolute Gasteiger partial charge is 0.494 e. The van der Waals surface area contributed by atoms with E-state index in [0.29, 0.717) is 29.5 Å². The number of ether oxygens (including phenoxy) is 1. The van der Waals surface area contributed by atoms with E-state index in [9.17, 15) is 9.59 Å². The molecule has 168 valence electrons. The maximum atomic E-state index is 13.7. The van der Waals surface area contributed by atoms with Gasteiger partial charge in [0.1, 0.15) is 11.4 Å². The van der Waals surface area contributed by atoms with Gasteiger partial charge in [-0.1, -0.05) is 32.0 Å². The Morgan fingerprint density at radius 2 is 1.69 bits per heavy atom. The molecule has 0 aliphatic carbocycles. The third-order valence-corrected chi connectivity index (χ3v) is 6.11. The lowest BCUT2D eigenvalue weighted by Gasteiger charge is -2.33. The fourth-order valence-corrected chi connectivity index (χ4v) is 4.72. The smallest absolute Gasteiger partial charge is 0.282 e. The molecule has 2 aliphatic rings. The average molecular weight is 433 g/mol. The monoisotopic (exact) mass is 432 g/mol. The first kappa shape index (κ1) is 22.1. The van der Waals surface area contributed by atoms with Crippen LogP contribution in [0.3, 0.4) is 0 Å². The molecule has 0 N–H and O–H groups in total. The maximum Gasteiger partial charge on any atom is 0.282 e. The topological polar surface area (TPSA) is 49.9 Å². The summed E-state index contributed by atoms with van der Waals surface area (Å²) in [6.07, 6.45) is 3.10. The summed E-state index contributed by atoms with van der Waals surface area (Å²) in [7, 11) is 0. The summed E-state index contributed by atoms with van der Waals surface area (Å²) in [6, 6.07) is 13.4. The number of piperidine rings is 1. The lowest BCUT2D eigenvalue weighted by molar-refractivity contribution is -0.120. The van der Waals surface area contributed by atoms with Gasteiger partial charge in [-0.3, -0.25) is 9.59 Å². The van der Waals surface area contributed by atoms with Gasteiger partial charge < -0.3 is 9.64 Å². The summed E-state index contributed by atoms with van der Waals surface area (Å²) in [5.74, 6) is 0.777. The first-order chi connectivity index (χ1) is 15.4. The van der Waals surface area contributed by atoms with Crippen LogP contribution in [0.25, 0.3) is 5.57 Å². The van der Waals surface area contributed by atoms with Crippen LogP contribution in [0.4, 0.5) is 5.69 Å². The van der Waals surface area contributed by atoms with E-state index in [4.69, 9.17) is 4.74 Å². The summed E-state index contributed by atoms with van der Waals surface area (Å²) in [5.41, 5.74) is 4.47. The minimum Gasteiger partial charge on any atom is -0.494 e. The summed E-state index contributed by atoms with van der Waals surface area (Å²) >= 11 is 0. The van der Waals surface area contributed by atoms with Crippen molar-refractivity contribution >= 4 is 23.1 Å². The Morgan fingerprint density at radius 1 is 1.00 bits per heavy atom. The van der Waals surface area contributed by atoms with E-state index in [2.05, 4.69) is 18.7 Å². The lowest BCUT2D eigenvalue weighted by Crippen LogP contribution is -2.39. The van der Waals surface area contributed by atoms with Gasteiger partial charge in [-0.05, 0) is 80.0 Å². The number of anilines is 1. The predicted octanol–water partition coefficient (Wildman–Crippen LogP) is 5.11. The standard InChI is InChI=1S/C27H32N2O3/c1-5-13-32-23-10-8-21(9-11-23)24-25(28-12-6-7-18(2)17-28)27(31)29(26(24)30)22-15-19(3)14-20(4)16-22/h8-11,14-16,18H,5-7,12-13,17H2,1-4H3. The van der Waals surface area contributed by atoms with Crippen molar-refractivity contribution in [2.45, 2.75) is 47.0 Å². The fraction of sp³-hybridized carbons (Fsp3) is 0.407. The molecule has 5 nitrogen and oxygen atoms in total. The molecule has 0 saturated carbocycles. The summed E-state index contributed by atoms with van der Waals surface area (Å²) in [5, 5.41) is 0.